The molecule has 1 aromatic carbocycles. The number of nitrogens with zero attached hydrogens (tertiary/aromatic N) is 1. The molecule has 0 spiro atoms. The lowest BCUT2D eigenvalue weighted by atomic mass is 10.1. The molecule has 1 aromatic rings. The predicted octanol–water partition coefficient (Wildman–Crippen LogP) is 2.68. The first-order valence-corrected chi connectivity index (χ1v) is 7.01. The topological polar surface area (TPSA) is 38.5 Å². The summed E-state index contributed by atoms with van der Waals surface area (Å²) in [6.07, 6.45) is 4.17. The molecule has 1 aliphatic heterocycles. The van der Waals surface area contributed by atoms with Crippen molar-refractivity contribution in [1.29, 1.82) is 0 Å². The Morgan fingerprint density at radius 3 is 3.11 bits per heavy atom. The van der Waals surface area contributed by atoms with Crippen LogP contribution in [0.1, 0.15) is 24.8 Å². The summed E-state index contributed by atoms with van der Waals surface area (Å²) in [7, 11) is 0. The lowest BCUT2D eigenvalue weighted by molar-refractivity contribution is -0.0587. The van der Waals surface area contributed by atoms with Crippen molar-refractivity contribution in [1.82, 2.24) is 4.90 Å². The van der Waals surface area contributed by atoms with Gasteiger partial charge in [-0.25, -0.2) is 0 Å². The predicted molar refractivity (Wildman–Crippen MR) is 73.7 cm³/mol. The zero-order valence-electron chi connectivity index (χ0n) is 10.4. The summed E-state index contributed by atoms with van der Waals surface area (Å²) < 4.78 is 5.83. The van der Waals surface area contributed by atoms with Gasteiger partial charge < -0.3 is 10.5 Å². The van der Waals surface area contributed by atoms with Gasteiger partial charge in [-0.3, -0.25) is 4.90 Å². The van der Waals surface area contributed by atoms with E-state index in [1.165, 1.54) is 24.8 Å². The van der Waals surface area contributed by atoms with E-state index in [-0.39, 0.29) is 0 Å². The van der Waals surface area contributed by atoms with E-state index in [1.807, 2.05) is 18.2 Å². The SMILES string of the molecule is Nc1cc(Cl)ccc1CN1CCOC2CCCC21. The first-order chi connectivity index (χ1) is 8.74. The molecular formula is C14H19ClN2O. The maximum Gasteiger partial charge on any atom is 0.0731 e. The Morgan fingerprint density at radius 1 is 1.39 bits per heavy atom. The maximum atomic E-state index is 6.03. The minimum absolute atomic E-state index is 0.437. The second kappa shape index (κ2) is 5.08. The van der Waals surface area contributed by atoms with E-state index in [1.54, 1.807) is 0 Å². The fourth-order valence-corrected chi connectivity index (χ4v) is 3.31. The third kappa shape index (κ3) is 2.35. The molecule has 0 aromatic heterocycles. The Balaban J connectivity index is 1.75. The molecule has 0 radical (unpaired) electrons. The zero-order valence-corrected chi connectivity index (χ0v) is 11.2. The summed E-state index contributed by atoms with van der Waals surface area (Å²) in [6.45, 7) is 2.76. The van der Waals surface area contributed by atoms with Crippen LogP contribution < -0.4 is 5.73 Å². The molecular weight excluding hydrogens is 248 g/mol. The number of hydrogen-bond donors (Lipinski definition) is 1. The number of halogens is 1. The Morgan fingerprint density at radius 2 is 2.28 bits per heavy atom. The van der Waals surface area contributed by atoms with Crippen molar-refractivity contribution < 1.29 is 4.74 Å². The van der Waals surface area contributed by atoms with Crippen LogP contribution in [-0.4, -0.2) is 30.2 Å². The van der Waals surface area contributed by atoms with Crippen LogP contribution in [0.3, 0.4) is 0 Å². The van der Waals surface area contributed by atoms with E-state index in [9.17, 15) is 0 Å². The molecule has 1 saturated carbocycles. The molecule has 2 aliphatic rings. The number of nitrogen functional groups attached to an aromatic ring is 1. The maximum absolute atomic E-state index is 6.03. The van der Waals surface area contributed by atoms with Crippen molar-refractivity contribution >= 4 is 17.3 Å². The second-order valence-corrected chi connectivity index (χ2v) is 5.66. The van der Waals surface area contributed by atoms with Crippen molar-refractivity contribution in [3.05, 3.63) is 28.8 Å². The van der Waals surface area contributed by atoms with Crippen LogP contribution in [0.4, 0.5) is 5.69 Å². The highest BCUT2D eigenvalue weighted by atomic mass is 35.5. The van der Waals surface area contributed by atoms with Gasteiger partial charge in [-0.2, -0.15) is 0 Å². The fourth-order valence-electron chi connectivity index (χ4n) is 3.13. The second-order valence-electron chi connectivity index (χ2n) is 5.22. The van der Waals surface area contributed by atoms with Gasteiger partial charge in [0.1, 0.15) is 0 Å². The first kappa shape index (κ1) is 12.3. The highest BCUT2D eigenvalue weighted by Crippen LogP contribution is 2.31. The van der Waals surface area contributed by atoms with Crippen molar-refractivity contribution in [3.63, 3.8) is 0 Å². The zero-order chi connectivity index (χ0) is 12.5. The van der Waals surface area contributed by atoms with E-state index in [0.29, 0.717) is 17.2 Å². The molecule has 3 rings (SSSR count). The number of benzene rings is 1. The van der Waals surface area contributed by atoms with Crippen LogP contribution in [-0.2, 0) is 11.3 Å². The highest BCUT2D eigenvalue weighted by Gasteiger charge is 2.35. The smallest absolute Gasteiger partial charge is 0.0731 e. The largest absolute Gasteiger partial charge is 0.398 e. The Hall–Kier alpha value is -0.770. The number of nitrogens with two attached hydrogens (primary N) is 1. The van der Waals surface area contributed by atoms with Crippen LogP contribution in [0.15, 0.2) is 18.2 Å². The fraction of sp³-hybridized carbons (Fsp3) is 0.571. The van der Waals surface area contributed by atoms with Crippen molar-refractivity contribution in [2.45, 2.75) is 38.0 Å². The van der Waals surface area contributed by atoms with Gasteiger partial charge in [0.2, 0.25) is 0 Å². The van der Waals surface area contributed by atoms with E-state index < -0.39 is 0 Å². The number of ether oxygens (including phenoxy) is 1. The van der Waals surface area contributed by atoms with Crippen molar-refractivity contribution in [3.8, 4) is 0 Å². The lowest BCUT2D eigenvalue weighted by Gasteiger charge is -2.37. The standard InChI is InChI=1S/C14H19ClN2O/c15-11-5-4-10(12(16)8-11)9-17-6-7-18-14-3-1-2-13(14)17/h4-5,8,13-14H,1-3,6-7,9,16H2. The summed E-state index contributed by atoms with van der Waals surface area (Å²) in [4.78, 5) is 2.51. The average Bonchev–Trinajstić information content (AvgIpc) is 2.82. The molecule has 1 heterocycles. The third-order valence-corrected chi connectivity index (χ3v) is 4.31. The van der Waals surface area contributed by atoms with E-state index in [2.05, 4.69) is 4.90 Å². The molecule has 1 aliphatic carbocycles. The summed E-state index contributed by atoms with van der Waals surface area (Å²) in [5.41, 5.74) is 8.00. The van der Waals surface area contributed by atoms with Crippen LogP contribution in [0, 0.1) is 0 Å². The molecule has 2 unspecified atom stereocenters. The minimum Gasteiger partial charge on any atom is -0.398 e. The minimum atomic E-state index is 0.437. The Kier molecular flexibility index (Phi) is 3.46. The molecule has 2 fully saturated rings. The van der Waals surface area contributed by atoms with Gasteiger partial charge in [-0.05, 0) is 37.0 Å². The molecule has 0 bridgehead atoms. The van der Waals surface area contributed by atoms with Gasteiger partial charge in [0.15, 0.2) is 0 Å². The van der Waals surface area contributed by atoms with Gasteiger partial charge in [0.05, 0.1) is 12.7 Å². The first-order valence-electron chi connectivity index (χ1n) is 6.63. The normalized spacial score (nSPS) is 28.3. The number of anilines is 1. The van der Waals surface area contributed by atoms with Gasteiger partial charge in [-0.15, -0.1) is 0 Å². The van der Waals surface area contributed by atoms with Gasteiger partial charge in [0.25, 0.3) is 0 Å². The van der Waals surface area contributed by atoms with Crippen LogP contribution in [0.25, 0.3) is 0 Å². The summed E-state index contributed by atoms with van der Waals surface area (Å²) in [5.74, 6) is 0. The van der Waals surface area contributed by atoms with E-state index in [0.717, 1.165) is 25.4 Å². The van der Waals surface area contributed by atoms with Gasteiger partial charge >= 0.3 is 0 Å². The molecule has 98 valence electrons. The van der Waals surface area contributed by atoms with Crippen LogP contribution in [0.2, 0.25) is 5.02 Å². The van der Waals surface area contributed by atoms with Crippen molar-refractivity contribution in [2.75, 3.05) is 18.9 Å². The van der Waals surface area contributed by atoms with Gasteiger partial charge in [-0.1, -0.05) is 17.7 Å². The summed E-state index contributed by atoms with van der Waals surface area (Å²) in [5, 5.41) is 0.706. The van der Waals surface area contributed by atoms with Gasteiger partial charge in [0, 0.05) is 29.8 Å². The Bertz CT molecular complexity index is 438. The van der Waals surface area contributed by atoms with E-state index in [4.69, 9.17) is 22.1 Å². The molecule has 2 atom stereocenters. The molecule has 4 heteroatoms. The third-order valence-electron chi connectivity index (χ3n) is 4.08. The van der Waals surface area contributed by atoms with Crippen LogP contribution >= 0.6 is 11.6 Å². The number of hydrogen-bond acceptors (Lipinski definition) is 3. The van der Waals surface area contributed by atoms with Crippen LogP contribution in [0.5, 0.6) is 0 Å². The summed E-state index contributed by atoms with van der Waals surface area (Å²) >= 11 is 5.94. The average molecular weight is 267 g/mol. The lowest BCUT2D eigenvalue weighted by Crippen LogP contribution is -2.47. The summed E-state index contributed by atoms with van der Waals surface area (Å²) in [6, 6.07) is 6.37. The molecule has 0 amide bonds. The molecule has 2 N–H and O–H groups in total. The monoisotopic (exact) mass is 266 g/mol. The quantitative estimate of drug-likeness (QED) is 0.837. The number of rotatable bonds is 2. The molecule has 3 nitrogen and oxygen atoms in total. The molecule has 18 heavy (non-hydrogen) atoms. The number of fused-ring (bicyclic) bond motifs is 1. The van der Waals surface area contributed by atoms with Crippen molar-refractivity contribution in [2.24, 2.45) is 0 Å². The number of morpholine rings is 1. The Labute approximate surface area is 113 Å². The highest BCUT2D eigenvalue weighted by molar-refractivity contribution is 6.30. The van der Waals surface area contributed by atoms with E-state index >= 15 is 0 Å². The molecule has 1 saturated heterocycles.